The van der Waals surface area contributed by atoms with Crippen molar-refractivity contribution in [3.05, 3.63) is 0 Å². The summed E-state index contributed by atoms with van der Waals surface area (Å²) in [7, 11) is 9.20. The van der Waals surface area contributed by atoms with Crippen LogP contribution in [-0.2, 0) is 0 Å². The van der Waals surface area contributed by atoms with Crippen LogP contribution in [0.5, 0.6) is 0 Å². The maximum atomic E-state index is 5.56. The van der Waals surface area contributed by atoms with E-state index in [1.54, 1.807) is 0 Å². The monoisotopic (exact) mass is 246 g/mol. The van der Waals surface area contributed by atoms with E-state index in [1.165, 1.54) is 32.6 Å². The fourth-order valence-corrected chi connectivity index (χ4v) is 2.19. The Balaban J connectivity index is 3.80. The Morgan fingerprint density at radius 3 is 1.18 bits per heavy atom. The van der Waals surface area contributed by atoms with Crippen LogP contribution in [-0.4, -0.2) is 76.4 Å². The van der Waals surface area contributed by atoms with Gasteiger partial charge < -0.3 is 20.4 Å². The highest BCUT2D eigenvalue weighted by molar-refractivity contribution is 4.43. The van der Waals surface area contributed by atoms with E-state index in [1.807, 2.05) is 0 Å². The second kappa shape index (κ2) is 8.03. The predicted octanol–water partition coefficient (Wildman–Crippen LogP) is 0.227. The van der Waals surface area contributed by atoms with Crippen LogP contribution in [0.4, 0.5) is 0 Å². The van der Waals surface area contributed by atoms with Crippen LogP contribution in [0, 0.1) is 0 Å². The average Bonchev–Trinajstić information content (AvgIpc) is 2.23. The SMILES string of the molecule is C[N+](C)(CCCN)CCC[N+](C)(C)CCCN. The zero-order chi connectivity index (χ0) is 13.4. The molecule has 0 aliphatic rings. The van der Waals surface area contributed by atoms with Crippen molar-refractivity contribution in [1.82, 2.24) is 0 Å². The number of rotatable bonds is 10. The molecule has 104 valence electrons. The first-order chi connectivity index (χ1) is 7.83. The lowest BCUT2D eigenvalue weighted by Gasteiger charge is -2.33. The van der Waals surface area contributed by atoms with Gasteiger partial charge in [-0.3, -0.25) is 0 Å². The summed E-state index contributed by atoms with van der Waals surface area (Å²) in [5.41, 5.74) is 11.1. The van der Waals surface area contributed by atoms with Gasteiger partial charge in [0, 0.05) is 19.3 Å². The minimum Gasteiger partial charge on any atom is -0.330 e. The maximum absolute atomic E-state index is 5.56. The molecule has 0 unspecified atom stereocenters. The Bertz CT molecular complexity index is 170. The Labute approximate surface area is 108 Å². The van der Waals surface area contributed by atoms with E-state index in [9.17, 15) is 0 Å². The maximum Gasteiger partial charge on any atom is 0.0836 e. The van der Waals surface area contributed by atoms with Crippen LogP contribution in [0.2, 0.25) is 0 Å². The molecule has 0 aliphatic heterocycles. The minimum absolute atomic E-state index is 0.805. The normalized spacial score (nSPS) is 13.1. The third kappa shape index (κ3) is 9.53. The topological polar surface area (TPSA) is 52.0 Å². The summed E-state index contributed by atoms with van der Waals surface area (Å²) in [6.45, 7) is 6.47. The first kappa shape index (κ1) is 16.8. The highest BCUT2D eigenvalue weighted by Crippen LogP contribution is 2.05. The summed E-state index contributed by atoms with van der Waals surface area (Å²) in [5, 5.41) is 0. The molecular weight excluding hydrogens is 212 g/mol. The molecule has 0 heterocycles. The molecule has 0 aromatic carbocycles. The van der Waals surface area contributed by atoms with Gasteiger partial charge in [-0.05, 0) is 13.1 Å². The molecule has 0 bridgehead atoms. The molecule has 0 aromatic heterocycles. The zero-order valence-electron chi connectivity index (χ0n) is 12.4. The van der Waals surface area contributed by atoms with Crippen molar-refractivity contribution in [2.45, 2.75) is 19.3 Å². The highest BCUT2D eigenvalue weighted by atomic mass is 15.3. The molecule has 0 spiro atoms. The molecule has 0 atom stereocenters. The minimum atomic E-state index is 0.805. The summed E-state index contributed by atoms with van der Waals surface area (Å²) in [6, 6.07) is 0. The van der Waals surface area contributed by atoms with Crippen LogP contribution >= 0.6 is 0 Å². The van der Waals surface area contributed by atoms with Crippen molar-refractivity contribution < 1.29 is 8.97 Å². The Hall–Kier alpha value is -0.160. The Kier molecular flexibility index (Phi) is 7.96. The zero-order valence-corrected chi connectivity index (χ0v) is 12.4. The smallest absolute Gasteiger partial charge is 0.0836 e. The van der Waals surface area contributed by atoms with Gasteiger partial charge in [0.05, 0.1) is 54.4 Å². The number of hydrogen-bond acceptors (Lipinski definition) is 2. The molecule has 0 amide bonds. The van der Waals surface area contributed by atoms with Gasteiger partial charge in [-0.25, -0.2) is 0 Å². The largest absolute Gasteiger partial charge is 0.330 e. The van der Waals surface area contributed by atoms with E-state index in [2.05, 4.69) is 28.2 Å². The van der Waals surface area contributed by atoms with Crippen LogP contribution in [0.3, 0.4) is 0 Å². The summed E-state index contributed by atoms with van der Waals surface area (Å²) in [4.78, 5) is 0. The number of hydrogen-bond donors (Lipinski definition) is 2. The van der Waals surface area contributed by atoms with Crippen LogP contribution < -0.4 is 11.5 Å². The van der Waals surface area contributed by atoms with Gasteiger partial charge in [-0.1, -0.05) is 0 Å². The molecule has 0 aliphatic carbocycles. The molecule has 0 radical (unpaired) electrons. The fraction of sp³-hybridized carbons (Fsp3) is 1.00. The lowest BCUT2D eigenvalue weighted by molar-refractivity contribution is -0.909. The molecule has 0 rings (SSSR count). The van der Waals surface area contributed by atoms with E-state index in [0.717, 1.165) is 34.9 Å². The van der Waals surface area contributed by atoms with Crippen LogP contribution in [0.25, 0.3) is 0 Å². The molecule has 17 heavy (non-hydrogen) atoms. The number of quaternary nitrogens is 2. The Morgan fingerprint density at radius 2 is 0.882 bits per heavy atom. The third-order valence-electron chi connectivity index (χ3n) is 3.46. The summed E-state index contributed by atoms with van der Waals surface area (Å²) >= 11 is 0. The van der Waals surface area contributed by atoms with E-state index in [0.29, 0.717) is 0 Å². The van der Waals surface area contributed by atoms with Gasteiger partial charge in [0.1, 0.15) is 0 Å². The summed E-state index contributed by atoms with van der Waals surface area (Å²) in [5.74, 6) is 0. The van der Waals surface area contributed by atoms with Crippen LogP contribution in [0.15, 0.2) is 0 Å². The van der Waals surface area contributed by atoms with Crippen molar-refractivity contribution >= 4 is 0 Å². The highest BCUT2D eigenvalue weighted by Gasteiger charge is 2.18. The van der Waals surface area contributed by atoms with Gasteiger partial charge in [0.25, 0.3) is 0 Å². The Morgan fingerprint density at radius 1 is 0.588 bits per heavy atom. The molecule has 0 saturated carbocycles. The summed E-state index contributed by atoms with van der Waals surface area (Å²) in [6.07, 6.45) is 3.52. The lowest BCUT2D eigenvalue weighted by Crippen LogP contribution is -2.46. The fourth-order valence-electron chi connectivity index (χ4n) is 2.19. The van der Waals surface area contributed by atoms with Crippen LogP contribution in [0.1, 0.15) is 19.3 Å². The second-order valence-corrected chi connectivity index (χ2v) is 6.40. The molecule has 4 N–H and O–H groups in total. The number of nitrogens with zero attached hydrogens (tertiary/aromatic N) is 2. The quantitative estimate of drug-likeness (QED) is 0.542. The van der Waals surface area contributed by atoms with Gasteiger partial charge >= 0.3 is 0 Å². The molecule has 4 nitrogen and oxygen atoms in total. The molecule has 0 fully saturated rings. The van der Waals surface area contributed by atoms with Crippen molar-refractivity contribution in [2.24, 2.45) is 11.5 Å². The van der Waals surface area contributed by atoms with Crippen molar-refractivity contribution in [3.8, 4) is 0 Å². The predicted molar refractivity (Wildman–Crippen MR) is 75.6 cm³/mol. The van der Waals surface area contributed by atoms with Crippen molar-refractivity contribution in [1.29, 1.82) is 0 Å². The molecule has 4 heteroatoms. The van der Waals surface area contributed by atoms with Gasteiger partial charge in [0.2, 0.25) is 0 Å². The van der Waals surface area contributed by atoms with E-state index >= 15 is 0 Å². The first-order valence-corrected chi connectivity index (χ1v) is 6.87. The molecule has 0 aromatic rings. The number of nitrogens with two attached hydrogens (primary N) is 2. The van der Waals surface area contributed by atoms with E-state index in [-0.39, 0.29) is 0 Å². The lowest BCUT2D eigenvalue weighted by atomic mass is 10.2. The van der Waals surface area contributed by atoms with Gasteiger partial charge in [-0.15, -0.1) is 0 Å². The summed E-state index contributed by atoms with van der Waals surface area (Å²) < 4.78 is 2.18. The second-order valence-electron chi connectivity index (χ2n) is 6.40. The van der Waals surface area contributed by atoms with Gasteiger partial charge in [0.15, 0.2) is 0 Å². The average molecular weight is 246 g/mol. The molecular formula is C13H34N4+2. The first-order valence-electron chi connectivity index (χ1n) is 6.87. The van der Waals surface area contributed by atoms with Crippen molar-refractivity contribution in [2.75, 3.05) is 67.5 Å². The van der Waals surface area contributed by atoms with E-state index < -0.39 is 0 Å². The van der Waals surface area contributed by atoms with Gasteiger partial charge in [-0.2, -0.15) is 0 Å². The van der Waals surface area contributed by atoms with Crippen molar-refractivity contribution in [3.63, 3.8) is 0 Å². The third-order valence-corrected chi connectivity index (χ3v) is 3.46. The standard InChI is InChI=1S/C13H34N4/c1-16(2,10-5-8-14)12-7-13-17(3,4)11-6-9-15/h5-15H2,1-4H3/q+2. The van der Waals surface area contributed by atoms with E-state index in [4.69, 9.17) is 11.5 Å². The molecule has 0 saturated heterocycles.